The van der Waals surface area contributed by atoms with Crippen LogP contribution in [0.4, 0.5) is 0 Å². The molecule has 0 atom stereocenters. The first kappa shape index (κ1) is 17.1. The summed E-state index contributed by atoms with van der Waals surface area (Å²) in [6.07, 6.45) is 3.26. The van der Waals surface area contributed by atoms with Crippen molar-refractivity contribution in [1.29, 1.82) is 0 Å². The molecular weight excluding hydrogens is 314 g/mol. The molecule has 23 heavy (non-hydrogen) atoms. The van der Waals surface area contributed by atoms with Gasteiger partial charge in [0, 0.05) is 6.42 Å². The molecule has 0 aliphatic rings. The smallest absolute Gasteiger partial charge is 0.342 e. The van der Waals surface area contributed by atoms with E-state index in [-0.39, 0.29) is 4.91 Å². The highest BCUT2D eigenvalue weighted by Gasteiger charge is 2.13. The van der Waals surface area contributed by atoms with Crippen molar-refractivity contribution >= 4 is 23.8 Å². The number of hydrogen-bond acceptors (Lipinski definition) is 5. The van der Waals surface area contributed by atoms with Gasteiger partial charge in [-0.25, -0.2) is 9.78 Å². The first-order valence-corrected chi connectivity index (χ1v) is 8.21. The lowest BCUT2D eigenvalue weighted by atomic mass is 10.2. The number of aromatic amines is 1. The maximum absolute atomic E-state index is 11.4. The average molecular weight is 333 g/mol. The number of aromatic nitrogens is 3. The molecule has 2 aromatic rings. The van der Waals surface area contributed by atoms with E-state index in [4.69, 9.17) is 4.74 Å². The van der Waals surface area contributed by atoms with Gasteiger partial charge in [-0.1, -0.05) is 26.0 Å². The van der Waals surface area contributed by atoms with Crippen molar-refractivity contribution < 1.29 is 14.6 Å². The van der Waals surface area contributed by atoms with Crippen molar-refractivity contribution in [3.63, 3.8) is 0 Å². The Bertz CT molecular complexity index is 680. The van der Waals surface area contributed by atoms with Crippen LogP contribution in [-0.4, -0.2) is 32.9 Å². The molecule has 2 N–H and O–H groups in total. The predicted molar refractivity (Wildman–Crippen MR) is 89.5 cm³/mol. The number of thioether (sulfide) groups is 1. The van der Waals surface area contributed by atoms with Gasteiger partial charge in [-0.2, -0.15) is 0 Å². The van der Waals surface area contributed by atoms with Gasteiger partial charge in [-0.05, 0) is 42.0 Å². The van der Waals surface area contributed by atoms with Crippen molar-refractivity contribution in [2.75, 3.05) is 6.61 Å². The predicted octanol–water partition coefficient (Wildman–Crippen LogP) is 3.37. The molecule has 1 aromatic heterocycles. The molecule has 0 spiro atoms. The molecule has 0 bridgehead atoms. The number of benzene rings is 1. The van der Waals surface area contributed by atoms with Gasteiger partial charge < -0.3 is 9.84 Å². The maximum Gasteiger partial charge on any atom is 0.342 e. The van der Waals surface area contributed by atoms with Gasteiger partial charge in [0.1, 0.15) is 16.5 Å². The van der Waals surface area contributed by atoms with Crippen molar-refractivity contribution in [2.24, 2.45) is 0 Å². The van der Waals surface area contributed by atoms with E-state index in [1.54, 1.807) is 6.08 Å². The SMILES string of the molecule is CCCOc1ccc(/C=C(/Sc2n[nH]c(CC)n2)C(=O)O)cc1. The molecule has 0 fully saturated rings. The van der Waals surface area contributed by atoms with E-state index in [0.29, 0.717) is 11.8 Å². The van der Waals surface area contributed by atoms with Crippen molar-refractivity contribution in [3.05, 3.63) is 40.6 Å². The second-order valence-electron chi connectivity index (χ2n) is 4.75. The van der Waals surface area contributed by atoms with Crippen LogP contribution in [-0.2, 0) is 11.2 Å². The van der Waals surface area contributed by atoms with Crippen LogP contribution in [0.3, 0.4) is 0 Å². The molecule has 122 valence electrons. The van der Waals surface area contributed by atoms with Crippen LogP contribution in [0.1, 0.15) is 31.7 Å². The van der Waals surface area contributed by atoms with Gasteiger partial charge in [0.25, 0.3) is 0 Å². The number of aliphatic carboxylic acids is 1. The lowest BCUT2D eigenvalue weighted by Gasteiger charge is -2.04. The lowest BCUT2D eigenvalue weighted by molar-refractivity contribution is -0.131. The minimum Gasteiger partial charge on any atom is -0.494 e. The third kappa shape index (κ3) is 5.14. The van der Waals surface area contributed by atoms with E-state index >= 15 is 0 Å². The fourth-order valence-electron chi connectivity index (χ4n) is 1.75. The van der Waals surface area contributed by atoms with E-state index in [0.717, 1.165) is 41.7 Å². The molecule has 0 saturated heterocycles. The molecule has 0 aliphatic heterocycles. The fourth-order valence-corrected chi connectivity index (χ4v) is 2.47. The highest BCUT2D eigenvalue weighted by atomic mass is 32.2. The molecule has 0 saturated carbocycles. The van der Waals surface area contributed by atoms with Crippen LogP contribution in [0, 0.1) is 0 Å². The maximum atomic E-state index is 11.4. The Kier molecular flexibility index (Phi) is 6.22. The van der Waals surface area contributed by atoms with Gasteiger partial charge >= 0.3 is 5.97 Å². The average Bonchev–Trinajstić information content (AvgIpc) is 3.01. The number of ether oxygens (including phenoxy) is 1. The first-order chi connectivity index (χ1) is 11.1. The molecule has 1 aromatic carbocycles. The Labute approximate surface area is 139 Å². The third-order valence-corrected chi connectivity index (χ3v) is 3.79. The van der Waals surface area contributed by atoms with E-state index in [1.165, 1.54) is 0 Å². The highest BCUT2D eigenvalue weighted by molar-refractivity contribution is 8.04. The molecule has 2 rings (SSSR count). The summed E-state index contributed by atoms with van der Waals surface area (Å²) in [4.78, 5) is 15.8. The van der Waals surface area contributed by atoms with Crippen LogP contribution in [0.2, 0.25) is 0 Å². The molecular formula is C16H19N3O3S. The van der Waals surface area contributed by atoms with Crippen molar-refractivity contribution in [3.8, 4) is 5.75 Å². The van der Waals surface area contributed by atoms with Crippen molar-refractivity contribution in [2.45, 2.75) is 31.8 Å². The molecule has 0 amide bonds. The largest absolute Gasteiger partial charge is 0.494 e. The number of nitrogens with one attached hydrogen (secondary N) is 1. The minimum absolute atomic E-state index is 0.161. The Morgan fingerprint density at radius 3 is 2.65 bits per heavy atom. The Balaban J connectivity index is 2.13. The van der Waals surface area contributed by atoms with Crippen LogP contribution in [0.15, 0.2) is 34.3 Å². The Morgan fingerprint density at radius 2 is 2.09 bits per heavy atom. The summed E-state index contributed by atoms with van der Waals surface area (Å²) in [6, 6.07) is 7.30. The molecule has 0 radical (unpaired) electrons. The second-order valence-corrected chi connectivity index (χ2v) is 5.76. The van der Waals surface area contributed by atoms with Gasteiger partial charge in [-0.3, -0.25) is 5.10 Å². The number of nitrogens with zero attached hydrogens (tertiary/aromatic N) is 2. The van der Waals surface area contributed by atoms with E-state index < -0.39 is 5.97 Å². The zero-order chi connectivity index (χ0) is 16.7. The Hall–Kier alpha value is -2.28. The second kappa shape index (κ2) is 8.38. The topological polar surface area (TPSA) is 88.1 Å². The summed E-state index contributed by atoms with van der Waals surface area (Å²) >= 11 is 1.02. The number of H-pyrrole nitrogens is 1. The van der Waals surface area contributed by atoms with Gasteiger partial charge in [0.15, 0.2) is 0 Å². The lowest BCUT2D eigenvalue weighted by Crippen LogP contribution is -1.97. The summed E-state index contributed by atoms with van der Waals surface area (Å²) in [7, 11) is 0. The summed E-state index contributed by atoms with van der Waals surface area (Å²) in [5.74, 6) is 0.494. The van der Waals surface area contributed by atoms with Crippen LogP contribution in [0.25, 0.3) is 6.08 Å². The van der Waals surface area contributed by atoms with Gasteiger partial charge in [0.05, 0.1) is 6.61 Å². The summed E-state index contributed by atoms with van der Waals surface area (Å²) in [5.41, 5.74) is 0.782. The normalized spacial score (nSPS) is 11.5. The third-order valence-electron chi connectivity index (χ3n) is 2.91. The summed E-state index contributed by atoms with van der Waals surface area (Å²) in [5, 5.41) is 16.5. The summed E-state index contributed by atoms with van der Waals surface area (Å²) < 4.78 is 5.51. The molecule has 0 aliphatic carbocycles. The van der Waals surface area contributed by atoms with Crippen LogP contribution in [0.5, 0.6) is 5.75 Å². The highest BCUT2D eigenvalue weighted by Crippen LogP contribution is 2.26. The van der Waals surface area contributed by atoms with E-state index in [1.807, 2.05) is 38.1 Å². The molecule has 1 heterocycles. The number of carboxylic acid groups (broad SMARTS) is 1. The van der Waals surface area contributed by atoms with Crippen LogP contribution < -0.4 is 4.74 Å². The number of aryl methyl sites for hydroxylation is 1. The zero-order valence-corrected chi connectivity index (χ0v) is 13.9. The van der Waals surface area contributed by atoms with Gasteiger partial charge in [0.2, 0.25) is 5.16 Å². The monoisotopic (exact) mass is 333 g/mol. The van der Waals surface area contributed by atoms with E-state index in [2.05, 4.69) is 15.2 Å². The van der Waals surface area contributed by atoms with Gasteiger partial charge in [-0.15, -0.1) is 5.10 Å². The molecule has 6 nitrogen and oxygen atoms in total. The quantitative estimate of drug-likeness (QED) is 0.569. The molecule has 0 unspecified atom stereocenters. The zero-order valence-electron chi connectivity index (χ0n) is 13.1. The van der Waals surface area contributed by atoms with Crippen molar-refractivity contribution in [1.82, 2.24) is 15.2 Å². The minimum atomic E-state index is -1.01. The number of hydrogen-bond donors (Lipinski definition) is 2. The van der Waals surface area contributed by atoms with E-state index in [9.17, 15) is 9.90 Å². The fraction of sp³-hybridized carbons (Fsp3) is 0.312. The number of rotatable bonds is 8. The number of carboxylic acids is 1. The summed E-state index contributed by atoms with van der Waals surface area (Å²) in [6.45, 7) is 4.65. The number of carbonyl (C=O) groups is 1. The molecule has 7 heteroatoms. The van der Waals surface area contributed by atoms with Crippen LogP contribution >= 0.6 is 11.8 Å². The standard InChI is InChI=1S/C16H19N3O3S/c1-3-9-22-12-7-5-11(6-8-12)10-13(15(20)21)23-16-17-14(4-2)18-19-16/h5-8,10H,3-4,9H2,1-2H3,(H,20,21)(H,17,18,19)/b13-10+. The first-order valence-electron chi connectivity index (χ1n) is 7.39. The Morgan fingerprint density at radius 1 is 1.35 bits per heavy atom.